The molecule has 0 fully saturated rings. The fraction of sp³-hybridized carbons (Fsp3) is 0.455. The van der Waals surface area contributed by atoms with Gasteiger partial charge in [0.15, 0.2) is 0 Å². The van der Waals surface area contributed by atoms with E-state index >= 15 is 0 Å². The highest BCUT2D eigenvalue weighted by Gasteiger charge is 2.09. The number of fused-ring (bicyclic) bond motifs is 1. The van der Waals surface area contributed by atoms with Crippen LogP contribution in [-0.2, 0) is 17.8 Å². The maximum absolute atomic E-state index is 5.52. The second-order valence-electron chi connectivity index (χ2n) is 3.38. The monoisotopic (exact) mass is 193 g/mol. The minimum absolute atomic E-state index is 0.614. The van der Waals surface area contributed by atoms with Gasteiger partial charge in [0.1, 0.15) is 12.4 Å². The van der Waals surface area contributed by atoms with Gasteiger partial charge >= 0.3 is 0 Å². The number of methoxy groups -OCH3 is 1. The predicted octanol–water partition coefficient (Wildman–Crippen LogP) is 1.32. The van der Waals surface area contributed by atoms with Gasteiger partial charge in [-0.05, 0) is 23.3 Å². The first-order valence-electron chi connectivity index (χ1n) is 4.84. The molecule has 1 aromatic rings. The molecule has 0 amide bonds. The first-order valence-corrected chi connectivity index (χ1v) is 4.84. The number of benzene rings is 1. The van der Waals surface area contributed by atoms with Gasteiger partial charge in [-0.2, -0.15) is 0 Å². The Morgan fingerprint density at radius 3 is 2.93 bits per heavy atom. The molecule has 1 aliphatic heterocycles. The molecule has 0 saturated heterocycles. The number of ether oxygens (including phenoxy) is 2. The Morgan fingerprint density at radius 1 is 1.21 bits per heavy atom. The second-order valence-corrected chi connectivity index (χ2v) is 3.38. The van der Waals surface area contributed by atoms with Crippen LogP contribution in [0.1, 0.15) is 11.1 Å². The molecule has 0 bridgehead atoms. The largest absolute Gasteiger partial charge is 0.491 e. The highest BCUT2D eigenvalue weighted by Crippen LogP contribution is 2.21. The molecular weight excluding hydrogens is 178 g/mol. The Bertz CT molecular complexity index is 312. The third-order valence-electron chi connectivity index (χ3n) is 2.36. The van der Waals surface area contributed by atoms with E-state index in [2.05, 4.69) is 17.4 Å². The maximum Gasteiger partial charge on any atom is 0.119 e. The summed E-state index contributed by atoms with van der Waals surface area (Å²) in [5, 5.41) is 3.30. The Hall–Kier alpha value is -1.06. The summed E-state index contributed by atoms with van der Waals surface area (Å²) in [6.45, 7) is 3.18. The molecule has 2 rings (SSSR count). The molecule has 3 nitrogen and oxygen atoms in total. The number of hydrogen-bond acceptors (Lipinski definition) is 3. The van der Waals surface area contributed by atoms with E-state index in [1.54, 1.807) is 7.11 Å². The minimum atomic E-state index is 0.614. The van der Waals surface area contributed by atoms with Gasteiger partial charge < -0.3 is 14.8 Å². The SMILES string of the molecule is COCCOc1ccc2c(c1)CNC2. The summed E-state index contributed by atoms with van der Waals surface area (Å²) in [4.78, 5) is 0. The van der Waals surface area contributed by atoms with Crippen molar-refractivity contribution in [1.29, 1.82) is 0 Å². The first kappa shape index (κ1) is 9.49. The summed E-state index contributed by atoms with van der Waals surface area (Å²) < 4.78 is 10.4. The molecule has 1 N–H and O–H groups in total. The van der Waals surface area contributed by atoms with Crippen LogP contribution >= 0.6 is 0 Å². The van der Waals surface area contributed by atoms with Crippen LogP contribution < -0.4 is 10.1 Å². The molecule has 1 aliphatic rings. The fourth-order valence-electron chi connectivity index (χ4n) is 1.60. The summed E-state index contributed by atoms with van der Waals surface area (Å²) in [6, 6.07) is 6.24. The van der Waals surface area contributed by atoms with E-state index in [1.165, 1.54) is 11.1 Å². The summed E-state index contributed by atoms with van der Waals surface area (Å²) in [5.41, 5.74) is 2.73. The molecule has 0 unspecified atom stereocenters. The van der Waals surface area contributed by atoms with Crippen molar-refractivity contribution in [3.63, 3.8) is 0 Å². The lowest BCUT2D eigenvalue weighted by Gasteiger charge is -2.06. The van der Waals surface area contributed by atoms with Crippen molar-refractivity contribution in [1.82, 2.24) is 5.32 Å². The number of nitrogens with one attached hydrogen (secondary N) is 1. The molecule has 0 atom stereocenters. The Balaban J connectivity index is 1.98. The van der Waals surface area contributed by atoms with Crippen LogP contribution in [0.2, 0.25) is 0 Å². The predicted molar refractivity (Wildman–Crippen MR) is 54.4 cm³/mol. The van der Waals surface area contributed by atoms with Crippen LogP contribution in [0, 0.1) is 0 Å². The zero-order valence-electron chi connectivity index (χ0n) is 8.38. The van der Waals surface area contributed by atoms with Gasteiger partial charge in [0, 0.05) is 20.2 Å². The van der Waals surface area contributed by atoms with E-state index in [-0.39, 0.29) is 0 Å². The van der Waals surface area contributed by atoms with Crippen molar-refractivity contribution in [3.8, 4) is 5.75 Å². The molecule has 0 saturated carbocycles. The van der Waals surface area contributed by atoms with Crippen molar-refractivity contribution in [3.05, 3.63) is 29.3 Å². The van der Waals surface area contributed by atoms with Gasteiger partial charge in [0.2, 0.25) is 0 Å². The van der Waals surface area contributed by atoms with E-state index in [0.29, 0.717) is 13.2 Å². The lowest BCUT2D eigenvalue weighted by molar-refractivity contribution is 0.146. The van der Waals surface area contributed by atoms with E-state index in [0.717, 1.165) is 18.8 Å². The van der Waals surface area contributed by atoms with Crippen LogP contribution in [0.25, 0.3) is 0 Å². The van der Waals surface area contributed by atoms with Gasteiger partial charge in [-0.25, -0.2) is 0 Å². The van der Waals surface area contributed by atoms with Gasteiger partial charge in [-0.1, -0.05) is 6.07 Å². The normalized spacial score (nSPS) is 14.1. The van der Waals surface area contributed by atoms with Crippen LogP contribution in [0.3, 0.4) is 0 Å². The highest BCUT2D eigenvalue weighted by molar-refractivity contribution is 5.37. The van der Waals surface area contributed by atoms with Gasteiger partial charge in [0.05, 0.1) is 6.61 Å². The average Bonchev–Trinajstić information content (AvgIpc) is 2.65. The van der Waals surface area contributed by atoms with Crippen molar-refractivity contribution in [2.24, 2.45) is 0 Å². The van der Waals surface area contributed by atoms with Crippen molar-refractivity contribution in [2.75, 3.05) is 20.3 Å². The highest BCUT2D eigenvalue weighted by atomic mass is 16.5. The third-order valence-corrected chi connectivity index (χ3v) is 2.36. The standard InChI is InChI=1S/C11H15NO2/c1-13-4-5-14-11-3-2-9-7-12-8-10(9)6-11/h2-3,6,12H,4-5,7-8H2,1H3. The molecule has 0 aliphatic carbocycles. The lowest BCUT2D eigenvalue weighted by Crippen LogP contribution is -2.04. The molecule has 14 heavy (non-hydrogen) atoms. The van der Waals surface area contributed by atoms with Crippen LogP contribution in [0.5, 0.6) is 5.75 Å². The molecule has 76 valence electrons. The zero-order valence-corrected chi connectivity index (χ0v) is 8.38. The van der Waals surface area contributed by atoms with Gasteiger partial charge in [-0.15, -0.1) is 0 Å². The molecule has 3 heteroatoms. The molecular formula is C11H15NO2. The van der Waals surface area contributed by atoms with Crippen LogP contribution in [-0.4, -0.2) is 20.3 Å². The van der Waals surface area contributed by atoms with E-state index in [4.69, 9.17) is 9.47 Å². The molecule has 1 aromatic carbocycles. The van der Waals surface area contributed by atoms with Crippen LogP contribution in [0.4, 0.5) is 0 Å². The van der Waals surface area contributed by atoms with Crippen molar-refractivity contribution in [2.45, 2.75) is 13.1 Å². The Morgan fingerprint density at radius 2 is 2.07 bits per heavy atom. The van der Waals surface area contributed by atoms with E-state index < -0.39 is 0 Å². The quantitative estimate of drug-likeness (QED) is 0.731. The summed E-state index contributed by atoms with van der Waals surface area (Å²) >= 11 is 0. The maximum atomic E-state index is 5.52. The number of rotatable bonds is 4. The zero-order chi connectivity index (χ0) is 9.80. The lowest BCUT2D eigenvalue weighted by atomic mass is 10.1. The first-order chi connectivity index (χ1) is 6.90. The Kier molecular flexibility index (Phi) is 3.01. The Labute approximate surface area is 84.0 Å². The second kappa shape index (κ2) is 4.44. The van der Waals surface area contributed by atoms with Gasteiger partial charge in [0.25, 0.3) is 0 Å². The van der Waals surface area contributed by atoms with Crippen molar-refractivity contribution < 1.29 is 9.47 Å². The van der Waals surface area contributed by atoms with E-state index in [1.807, 2.05) is 6.07 Å². The minimum Gasteiger partial charge on any atom is -0.491 e. The van der Waals surface area contributed by atoms with E-state index in [9.17, 15) is 0 Å². The smallest absolute Gasteiger partial charge is 0.119 e. The van der Waals surface area contributed by atoms with Crippen molar-refractivity contribution >= 4 is 0 Å². The fourth-order valence-corrected chi connectivity index (χ4v) is 1.60. The third kappa shape index (κ3) is 2.05. The number of hydrogen-bond donors (Lipinski definition) is 1. The molecule has 0 aromatic heterocycles. The van der Waals surface area contributed by atoms with Crippen LogP contribution in [0.15, 0.2) is 18.2 Å². The summed E-state index contributed by atoms with van der Waals surface area (Å²) in [5.74, 6) is 0.935. The van der Waals surface area contributed by atoms with Gasteiger partial charge in [-0.3, -0.25) is 0 Å². The molecule has 0 radical (unpaired) electrons. The average molecular weight is 193 g/mol. The summed E-state index contributed by atoms with van der Waals surface area (Å²) in [6.07, 6.45) is 0. The summed E-state index contributed by atoms with van der Waals surface area (Å²) in [7, 11) is 1.68. The molecule has 1 heterocycles. The molecule has 0 spiro atoms. The topological polar surface area (TPSA) is 30.5 Å².